The number of fused-ring (bicyclic) bond motifs is 4. The second kappa shape index (κ2) is 8.77. The first-order chi connectivity index (χ1) is 18.4. The van der Waals surface area contributed by atoms with Gasteiger partial charge in [-0.05, 0) is 53.8 Å². The summed E-state index contributed by atoms with van der Waals surface area (Å²) in [6.45, 7) is 15.6. The van der Waals surface area contributed by atoms with Crippen LogP contribution in [0.4, 0.5) is 0 Å². The van der Waals surface area contributed by atoms with Gasteiger partial charge in [-0.15, -0.1) is 0 Å². The molecule has 0 amide bonds. The molecule has 0 N–H and O–H groups in total. The summed E-state index contributed by atoms with van der Waals surface area (Å²) in [7, 11) is 2.14. The van der Waals surface area contributed by atoms with Crippen molar-refractivity contribution in [3.63, 3.8) is 0 Å². The van der Waals surface area contributed by atoms with Crippen molar-refractivity contribution >= 4 is 32.8 Å². The number of rotatable bonds is 2. The Morgan fingerprint density at radius 1 is 0.718 bits per heavy atom. The molecule has 0 unspecified atom stereocenters. The molecule has 0 bridgehead atoms. The lowest BCUT2D eigenvalue weighted by atomic mass is 9.82. The monoisotopic (exact) mass is 513 g/mol. The molecular weight excluding hydrogens is 476 g/mol. The molecule has 6 rings (SSSR count). The van der Waals surface area contributed by atoms with Gasteiger partial charge in [0.25, 0.3) is 0 Å². The molecule has 0 fully saturated rings. The predicted molar refractivity (Wildman–Crippen MR) is 163 cm³/mol. The van der Waals surface area contributed by atoms with Crippen LogP contribution in [0.15, 0.2) is 83.3 Å². The molecule has 0 spiro atoms. The number of nitrogens with zero attached hydrogens (tertiary/aromatic N) is 2. The van der Waals surface area contributed by atoms with Crippen molar-refractivity contribution in [2.45, 2.75) is 59.3 Å². The Labute approximate surface area is 231 Å². The highest BCUT2D eigenvalue weighted by molar-refractivity contribution is 6.13. The largest absolute Gasteiger partial charge is 0.454 e. The van der Waals surface area contributed by atoms with Crippen molar-refractivity contribution in [1.29, 1.82) is 0 Å². The second-order valence-electron chi connectivity index (χ2n) is 12.9. The molecule has 0 aliphatic rings. The molecule has 3 heteroatoms. The molecule has 0 saturated heterocycles. The fourth-order valence-electron chi connectivity index (χ4n) is 5.56. The zero-order valence-electron chi connectivity index (χ0n) is 24.3. The SMILES string of the molecule is Cc1ccc2c(oc3c(-c4cc(C(C)(C)C)cc(C(C)(C)C)n4)cccc32)c1-c1ccc2ccccc2[n+]1C. The summed E-state index contributed by atoms with van der Waals surface area (Å²) in [6, 6.07) is 28.3. The number of hydrogen-bond acceptors (Lipinski definition) is 2. The molecule has 0 aliphatic carbocycles. The molecule has 196 valence electrons. The summed E-state index contributed by atoms with van der Waals surface area (Å²) in [5, 5.41) is 3.47. The van der Waals surface area contributed by atoms with E-state index in [9.17, 15) is 0 Å². The fourth-order valence-corrected chi connectivity index (χ4v) is 5.56. The lowest BCUT2D eigenvalue weighted by Crippen LogP contribution is -2.32. The van der Waals surface area contributed by atoms with Crippen LogP contribution in [-0.2, 0) is 17.9 Å². The van der Waals surface area contributed by atoms with Crippen molar-refractivity contribution < 1.29 is 8.98 Å². The van der Waals surface area contributed by atoms with Gasteiger partial charge in [0.2, 0.25) is 11.2 Å². The third-order valence-electron chi connectivity index (χ3n) is 7.95. The average Bonchev–Trinajstić information content (AvgIpc) is 3.27. The number of furan rings is 1. The maximum atomic E-state index is 6.87. The first-order valence-corrected chi connectivity index (χ1v) is 13.8. The molecule has 3 heterocycles. The van der Waals surface area contributed by atoms with E-state index < -0.39 is 0 Å². The maximum absolute atomic E-state index is 6.87. The number of aryl methyl sites for hydroxylation is 2. The molecule has 3 aromatic carbocycles. The average molecular weight is 514 g/mol. The van der Waals surface area contributed by atoms with Crippen LogP contribution in [0.5, 0.6) is 0 Å². The Hall–Kier alpha value is -3.98. The molecular formula is C36H37N2O+. The van der Waals surface area contributed by atoms with E-state index in [0.717, 1.165) is 50.1 Å². The summed E-state index contributed by atoms with van der Waals surface area (Å²) >= 11 is 0. The second-order valence-corrected chi connectivity index (χ2v) is 12.9. The van der Waals surface area contributed by atoms with E-state index in [1.54, 1.807) is 0 Å². The number of pyridine rings is 2. The third kappa shape index (κ3) is 4.21. The third-order valence-corrected chi connectivity index (χ3v) is 7.95. The standard InChI is InChI=1S/C36H37N2O/c1-22-16-18-26-25-13-11-14-27(28-20-24(35(2,3)4)21-31(37-28)36(5,6)7)33(25)39-34(26)32(22)30-19-17-23-12-9-10-15-29(23)38(30)8/h9-21H,1-8H3/q+1. The van der Waals surface area contributed by atoms with Crippen LogP contribution in [0.3, 0.4) is 0 Å². The van der Waals surface area contributed by atoms with Gasteiger partial charge in [0.15, 0.2) is 0 Å². The van der Waals surface area contributed by atoms with Crippen LogP contribution in [0, 0.1) is 6.92 Å². The van der Waals surface area contributed by atoms with Gasteiger partial charge >= 0.3 is 0 Å². The Balaban J connectivity index is 1.65. The molecule has 6 aromatic rings. The summed E-state index contributed by atoms with van der Waals surface area (Å²) < 4.78 is 9.14. The van der Waals surface area contributed by atoms with Gasteiger partial charge in [0.1, 0.15) is 18.2 Å². The van der Waals surface area contributed by atoms with E-state index in [0.29, 0.717) is 0 Å². The summed E-state index contributed by atoms with van der Waals surface area (Å²) in [6.07, 6.45) is 0. The van der Waals surface area contributed by atoms with Crippen LogP contribution in [0.2, 0.25) is 0 Å². The van der Waals surface area contributed by atoms with Crippen molar-refractivity contribution in [2.75, 3.05) is 0 Å². The topological polar surface area (TPSA) is 29.9 Å². The van der Waals surface area contributed by atoms with E-state index in [-0.39, 0.29) is 10.8 Å². The van der Waals surface area contributed by atoms with E-state index in [4.69, 9.17) is 9.40 Å². The van der Waals surface area contributed by atoms with Crippen molar-refractivity contribution in [1.82, 2.24) is 4.98 Å². The first-order valence-electron chi connectivity index (χ1n) is 13.8. The van der Waals surface area contributed by atoms with Crippen LogP contribution < -0.4 is 4.57 Å². The first kappa shape index (κ1) is 25.3. The van der Waals surface area contributed by atoms with Crippen LogP contribution in [-0.4, -0.2) is 4.98 Å². The Morgan fingerprint density at radius 2 is 1.46 bits per heavy atom. The number of hydrogen-bond donors (Lipinski definition) is 0. The van der Waals surface area contributed by atoms with Gasteiger partial charge in [0.05, 0.1) is 11.3 Å². The lowest BCUT2D eigenvalue weighted by Gasteiger charge is -2.25. The number of aromatic nitrogens is 2. The van der Waals surface area contributed by atoms with E-state index >= 15 is 0 Å². The van der Waals surface area contributed by atoms with Crippen LogP contribution >= 0.6 is 0 Å². The summed E-state index contributed by atoms with van der Waals surface area (Å²) in [4.78, 5) is 5.19. The highest BCUT2D eigenvalue weighted by Gasteiger charge is 2.25. The zero-order valence-corrected chi connectivity index (χ0v) is 24.3. The highest BCUT2D eigenvalue weighted by Crippen LogP contribution is 2.41. The molecule has 0 atom stereocenters. The van der Waals surface area contributed by atoms with Crippen LogP contribution in [0.25, 0.3) is 55.4 Å². The number of benzene rings is 3. The molecule has 3 aromatic heterocycles. The highest BCUT2D eigenvalue weighted by atomic mass is 16.3. The Bertz CT molecular complexity index is 1860. The van der Waals surface area contributed by atoms with Gasteiger partial charge in [-0.1, -0.05) is 77.9 Å². The van der Waals surface area contributed by atoms with E-state index in [1.807, 2.05) is 0 Å². The van der Waals surface area contributed by atoms with Gasteiger partial charge in [-0.2, -0.15) is 4.57 Å². The molecule has 3 nitrogen and oxygen atoms in total. The smallest absolute Gasteiger partial charge is 0.216 e. The van der Waals surface area contributed by atoms with Gasteiger partial charge in [-0.25, -0.2) is 0 Å². The maximum Gasteiger partial charge on any atom is 0.216 e. The van der Waals surface area contributed by atoms with Crippen molar-refractivity contribution in [3.05, 3.63) is 95.7 Å². The molecule has 0 radical (unpaired) electrons. The minimum absolute atomic E-state index is 0.00851. The minimum Gasteiger partial charge on any atom is -0.454 e. The normalized spacial score (nSPS) is 12.6. The van der Waals surface area contributed by atoms with Crippen molar-refractivity contribution in [3.8, 4) is 22.5 Å². The van der Waals surface area contributed by atoms with Gasteiger partial charge in [0, 0.05) is 45.0 Å². The Kier molecular flexibility index (Phi) is 5.69. The van der Waals surface area contributed by atoms with Crippen molar-refractivity contribution in [2.24, 2.45) is 7.05 Å². The summed E-state index contributed by atoms with van der Waals surface area (Å²) in [5.41, 5.74) is 10.8. The molecule has 0 saturated carbocycles. The molecule has 0 aliphatic heterocycles. The van der Waals surface area contributed by atoms with E-state index in [2.05, 4.69) is 139 Å². The summed E-state index contributed by atoms with van der Waals surface area (Å²) in [5.74, 6) is 0. The van der Waals surface area contributed by atoms with Crippen LogP contribution in [0.1, 0.15) is 58.4 Å². The fraction of sp³-hybridized carbons (Fsp3) is 0.278. The molecule has 39 heavy (non-hydrogen) atoms. The number of para-hydroxylation sites is 2. The quantitative estimate of drug-likeness (QED) is 0.216. The van der Waals surface area contributed by atoms with Gasteiger partial charge < -0.3 is 4.42 Å². The predicted octanol–water partition coefficient (Wildman–Crippen LogP) is 9.20. The minimum atomic E-state index is -0.0626. The Morgan fingerprint density at radius 3 is 2.21 bits per heavy atom. The zero-order chi connectivity index (χ0) is 27.7. The van der Waals surface area contributed by atoms with Gasteiger partial charge in [-0.3, -0.25) is 4.98 Å². The van der Waals surface area contributed by atoms with E-state index in [1.165, 1.54) is 22.0 Å². The lowest BCUT2D eigenvalue weighted by molar-refractivity contribution is -0.633.